The van der Waals surface area contributed by atoms with E-state index in [4.69, 9.17) is 9.47 Å². The smallest absolute Gasteiger partial charge is 0.262 e. The van der Waals surface area contributed by atoms with Crippen LogP contribution in [0.3, 0.4) is 0 Å². The molecule has 0 bridgehead atoms. The van der Waals surface area contributed by atoms with Crippen LogP contribution in [0.1, 0.15) is 18.1 Å². The van der Waals surface area contributed by atoms with Crippen molar-refractivity contribution in [3.05, 3.63) is 65.7 Å². The summed E-state index contributed by atoms with van der Waals surface area (Å²) in [7, 11) is 0. The Hall–Kier alpha value is -2.75. The van der Waals surface area contributed by atoms with Crippen LogP contribution >= 0.6 is 0 Å². The lowest BCUT2D eigenvalue weighted by atomic mass is 10.1. The molecule has 0 saturated heterocycles. The Labute approximate surface area is 143 Å². The second-order valence-corrected chi connectivity index (χ2v) is 5.93. The molecule has 1 amide bonds. The van der Waals surface area contributed by atoms with E-state index in [-0.39, 0.29) is 12.5 Å². The fraction of sp³-hybridized carbons (Fsp3) is 0.250. The predicted molar refractivity (Wildman–Crippen MR) is 96.8 cm³/mol. The molecule has 2 rings (SSSR count). The second kappa shape index (κ2) is 8.20. The summed E-state index contributed by atoms with van der Waals surface area (Å²) in [6.45, 7) is 10.1. The van der Waals surface area contributed by atoms with Crippen molar-refractivity contribution < 1.29 is 14.3 Å². The highest BCUT2D eigenvalue weighted by Gasteiger charge is 2.06. The highest BCUT2D eigenvalue weighted by molar-refractivity contribution is 5.92. The molecule has 0 heterocycles. The molecule has 126 valence electrons. The van der Waals surface area contributed by atoms with E-state index in [1.807, 2.05) is 51.1 Å². The zero-order valence-corrected chi connectivity index (χ0v) is 14.4. The van der Waals surface area contributed by atoms with Crippen molar-refractivity contribution in [2.45, 2.75) is 20.8 Å². The number of amides is 1. The highest BCUT2D eigenvalue weighted by Crippen LogP contribution is 2.19. The van der Waals surface area contributed by atoms with Crippen molar-refractivity contribution in [2.24, 2.45) is 0 Å². The Bertz CT molecular complexity index is 717. The van der Waals surface area contributed by atoms with Gasteiger partial charge in [-0.25, -0.2) is 0 Å². The van der Waals surface area contributed by atoms with Crippen LogP contribution in [0.5, 0.6) is 11.5 Å². The van der Waals surface area contributed by atoms with Crippen molar-refractivity contribution >= 4 is 11.6 Å². The number of benzene rings is 2. The van der Waals surface area contributed by atoms with Crippen molar-refractivity contribution in [3.63, 3.8) is 0 Å². The van der Waals surface area contributed by atoms with Gasteiger partial charge in [-0.1, -0.05) is 18.7 Å². The number of hydrogen-bond acceptors (Lipinski definition) is 3. The van der Waals surface area contributed by atoms with Gasteiger partial charge in [-0.2, -0.15) is 0 Å². The first-order valence-corrected chi connectivity index (χ1v) is 7.80. The van der Waals surface area contributed by atoms with Gasteiger partial charge in [-0.3, -0.25) is 4.79 Å². The molecular weight excluding hydrogens is 302 g/mol. The maximum absolute atomic E-state index is 12.0. The molecule has 0 saturated carbocycles. The number of nitrogens with one attached hydrogen (secondary N) is 1. The third-order valence-corrected chi connectivity index (χ3v) is 3.17. The molecular formula is C20H23NO3. The van der Waals surface area contributed by atoms with Crippen molar-refractivity contribution in [1.82, 2.24) is 0 Å². The Morgan fingerprint density at radius 2 is 1.67 bits per heavy atom. The average molecular weight is 325 g/mol. The summed E-state index contributed by atoms with van der Waals surface area (Å²) in [6, 6.07) is 13.1. The molecule has 0 spiro atoms. The van der Waals surface area contributed by atoms with Gasteiger partial charge in [0, 0.05) is 11.8 Å². The first-order chi connectivity index (χ1) is 11.4. The minimum absolute atomic E-state index is 0.0419. The Morgan fingerprint density at radius 1 is 1.00 bits per heavy atom. The number of carbonyl (C=O) groups excluding carboxylic acids is 1. The lowest BCUT2D eigenvalue weighted by Crippen LogP contribution is -2.20. The molecule has 24 heavy (non-hydrogen) atoms. The molecule has 4 heteroatoms. The zero-order valence-electron chi connectivity index (χ0n) is 14.4. The van der Waals surface area contributed by atoms with E-state index >= 15 is 0 Å². The minimum Gasteiger partial charge on any atom is -0.489 e. The lowest BCUT2D eigenvalue weighted by molar-refractivity contribution is -0.118. The molecule has 0 aliphatic carbocycles. The van der Waals surface area contributed by atoms with Crippen LogP contribution in [0.15, 0.2) is 54.6 Å². The Balaban J connectivity index is 1.90. The van der Waals surface area contributed by atoms with Gasteiger partial charge < -0.3 is 14.8 Å². The molecule has 2 aromatic carbocycles. The molecule has 0 radical (unpaired) electrons. The molecule has 0 atom stereocenters. The number of carbonyl (C=O) groups is 1. The van der Waals surface area contributed by atoms with Gasteiger partial charge in [0.2, 0.25) is 0 Å². The molecule has 1 N–H and O–H groups in total. The van der Waals surface area contributed by atoms with Gasteiger partial charge in [0.25, 0.3) is 5.91 Å². The second-order valence-electron chi connectivity index (χ2n) is 5.93. The van der Waals surface area contributed by atoms with Crippen LogP contribution in [-0.4, -0.2) is 19.1 Å². The minimum atomic E-state index is -0.216. The standard InChI is InChI=1S/C20H23NO3/c1-14(2)12-23-18-7-5-6-17(11-18)21-20(22)13-24-19-9-15(3)8-16(4)10-19/h5-11H,1,12-13H2,2-4H3,(H,21,22). The van der Waals surface area contributed by atoms with Gasteiger partial charge in [-0.15, -0.1) is 0 Å². The van der Waals surface area contributed by atoms with Gasteiger partial charge in [0.1, 0.15) is 18.1 Å². The van der Waals surface area contributed by atoms with Crippen LogP contribution in [-0.2, 0) is 4.79 Å². The predicted octanol–water partition coefficient (Wildman–Crippen LogP) is 4.28. The molecule has 0 aliphatic rings. The van der Waals surface area contributed by atoms with Crippen LogP contribution in [0.4, 0.5) is 5.69 Å². The van der Waals surface area contributed by atoms with Crippen molar-refractivity contribution in [1.29, 1.82) is 0 Å². The normalized spacial score (nSPS) is 10.1. The van der Waals surface area contributed by atoms with Gasteiger partial charge in [0.15, 0.2) is 6.61 Å². The van der Waals surface area contributed by atoms with E-state index in [1.54, 1.807) is 6.07 Å². The fourth-order valence-corrected chi connectivity index (χ4v) is 2.23. The summed E-state index contributed by atoms with van der Waals surface area (Å²) in [5, 5.41) is 2.80. The summed E-state index contributed by atoms with van der Waals surface area (Å²) in [5.74, 6) is 1.17. The third-order valence-electron chi connectivity index (χ3n) is 3.17. The van der Waals surface area contributed by atoms with E-state index in [9.17, 15) is 4.79 Å². The van der Waals surface area contributed by atoms with Crippen LogP contribution in [0.2, 0.25) is 0 Å². The topological polar surface area (TPSA) is 47.6 Å². The molecule has 0 unspecified atom stereocenters. The monoisotopic (exact) mass is 325 g/mol. The largest absolute Gasteiger partial charge is 0.489 e. The van der Waals surface area contributed by atoms with E-state index in [2.05, 4.69) is 18.0 Å². The highest BCUT2D eigenvalue weighted by atomic mass is 16.5. The average Bonchev–Trinajstić information content (AvgIpc) is 2.50. The lowest BCUT2D eigenvalue weighted by Gasteiger charge is -2.10. The van der Waals surface area contributed by atoms with Gasteiger partial charge in [-0.05, 0) is 61.7 Å². The van der Waals surface area contributed by atoms with Gasteiger partial charge in [0.05, 0.1) is 0 Å². The maximum atomic E-state index is 12.0. The SMILES string of the molecule is C=C(C)COc1cccc(NC(=O)COc2cc(C)cc(C)c2)c1. The first-order valence-electron chi connectivity index (χ1n) is 7.80. The molecule has 2 aromatic rings. The van der Waals surface area contributed by atoms with Crippen LogP contribution in [0, 0.1) is 13.8 Å². The maximum Gasteiger partial charge on any atom is 0.262 e. The third kappa shape index (κ3) is 5.80. The molecule has 4 nitrogen and oxygen atoms in total. The van der Waals surface area contributed by atoms with E-state index in [0.717, 1.165) is 16.7 Å². The zero-order chi connectivity index (χ0) is 17.5. The number of anilines is 1. The Morgan fingerprint density at radius 3 is 2.33 bits per heavy atom. The number of hydrogen-bond donors (Lipinski definition) is 1. The van der Waals surface area contributed by atoms with Crippen LogP contribution in [0.25, 0.3) is 0 Å². The Kier molecular flexibility index (Phi) is 6.01. The molecule has 0 aromatic heterocycles. The summed E-state index contributed by atoms with van der Waals surface area (Å²) >= 11 is 0. The van der Waals surface area contributed by atoms with E-state index in [1.165, 1.54) is 0 Å². The quantitative estimate of drug-likeness (QED) is 0.773. The fourth-order valence-electron chi connectivity index (χ4n) is 2.23. The summed E-state index contributed by atoms with van der Waals surface area (Å²) in [5.41, 5.74) is 3.81. The van der Waals surface area contributed by atoms with E-state index < -0.39 is 0 Å². The van der Waals surface area contributed by atoms with E-state index in [0.29, 0.717) is 23.8 Å². The summed E-state index contributed by atoms with van der Waals surface area (Å²) in [6.07, 6.45) is 0. The first kappa shape index (κ1) is 17.6. The number of ether oxygens (including phenoxy) is 2. The van der Waals surface area contributed by atoms with Gasteiger partial charge >= 0.3 is 0 Å². The summed E-state index contributed by atoms with van der Waals surface area (Å²) in [4.78, 5) is 12.0. The number of aryl methyl sites for hydroxylation is 2. The van der Waals surface area contributed by atoms with Crippen molar-refractivity contribution in [3.8, 4) is 11.5 Å². The molecule has 0 fully saturated rings. The van der Waals surface area contributed by atoms with Crippen LogP contribution < -0.4 is 14.8 Å². The summed E-state index contributed by atoms with van der Waals surface area (Å²) < 4.78 is 11.1. The number of rotatable bonds is 7. The molecule has 0 aliphatic heterocycles. The van der Waals surface area contributed by atoms with Crippen molar-refractivity contribution in [2.75, 3.05) is 18.5 Å².